The predicted octanol–water partition coefficient (Wildman–Crippen LogP) is 3.08. The molecule has 0 heterocycles. The fourth-order valence-electron chi connectivity index (χ4n) is 1.98. The van der Waals surface area contributed by atoms with Crippen LogP contribution in [0.25, 0.3) is 6.08 Å². The molecule has 0 saturated carbocycles. The molecule has 2 aromatic carbocycles. The smallest absolute Gasteiger partial charge is 0.244 e. The number of hydrogen-bond donors (Lipinski definition) is 2. The Bertz CT molecular complexity index is 623. The maximum Gasteiger partial charge on any atom is 0.244 e. The molecule has 0 aliphatic carbocycles. The summed E-state index contributed by atoms with van der Waals surface area (Å²) in [5.41, 5.74) is 1.58. The van der Waals surface area contributed by atoms with Gasteiger partial charge >= 0.3 is 0 Å². The first-order valence-corrected chi connectivity index (χ1v) is 7.09. The number of amides is 1. The van der Waals surface area contributed by atoms with Crippen molar-refractivity contribution >= 4 is 12.0 Å². The number of hydrogen-bond acceptors (Lipinski definition) is 2. The third-order valence-electron chi connectivity index (χ3n) is 3.20. The van der Waals surface area contributed by atoms with Crippen molar-refractivity contribution in [1.82, 2.24) is 5.32 Å². The quantitative estimate of drug-likeness (QED) is 0.805. The Kier molecular flexibility index (Phi) is 5.86. The summed E-state index contributed by atoms with van der Waals surface area (Å²) in [6, 6.07) is 15.2. The van der Waals surface area contributed by atoms with Crippen LogP contribution in [0.1, 0.15) is 23.7 Å². The molecule has 1 unspecified atom stereocenters. The molecule has 0 bridgehead atoms. The van der Waals surface area contributed by atoms with Gasteiger partial charge < -0.3 is 10.4 Å². The molecular formula is C18H18FNO2. The minimum Gasteiger partial charge on any atom is -0.388 e. The van der Waals surface area contributed by atoms with Gasteiger partial charge in [0.25, 0.3) is 0 Å². The van der Waals surface area contributed by atoms with Crippen LogP contribution < -0.4 is 5.32 Å². The molecule has 2 N–H and O–H groups in total. The van der Waals surface area contributed by atoms with E-state index in [0.717, 1.165) is 11.1 Å². The highest BCUT2D eigenvalue weighted by molar-refractivity contribution is 5.91. The van der Waals surface area contributed by atoms with Crippen LogP contribution in [0.5, 0.6) is 0 Å². The molecule has 4 heteroatoms. The Hall–Kier alpha value is -2.46. The van der Waals surface area contributed by atoms with Gasteiger partial charge in [-0.2, -0.15) is 0 Å². The van der Waals surface area contributed by atoms with E-state index in [2.05, 4.69) is 5.32 Å². The molecule has 22 heavy (non-hydrogen) atoms. The Labute approximate surface area is 129 Å². The number of nitrogens with one attached hydrogen (secondary N) is 1. The number of halogens is 1. The molecule has 1 amide bonds. The number of carbonyl (C=O) groups excluding carboxylic acids is 1. The van der Waals surface area contributed by atoms with Crippen LogP contribution in [0.3, 0.4) is 0 Å². The highest BCUT2D eigenvalue weighted by Gasteiger charge is 2.06. The molecular weight excluding hydrogens is 281 g/mol. The van der Waals surface area contributed by atoms with E-state index in [1.165, 1.54) is 18.2 Å². The minimum absolute atomic E-state index is 0.246. The normalized spacial score (nSPS) is 12.3. The number of rotatable bonds is 6. The third-order valence-corrected chi connectivity index (χ3v) is 3.20. The van der Waals surface area contributed by atoms with Gasteiger partial charge in [-0.1, -0.05) is 42.5 Å². The summed E-state index contributed by atoms with van der Waals surface area (Å²) in [5, 5.41) is 12.7. The van der Waals surface area contributed by atoms with Crippen molar-refractivity contribution in [2.24, 2.45) is 0 Å². The zero-order valence-corrected chi connectivity index (χ0v) is 12.1. The summed E-state index contributed by atoms with van der Waals surface area (Å²) >= 11 is 0. The van der Waals surface area contributed by atoms with E-state index in [9.17, 15) is 14.3 Å². The summed E-state index contributed by atoms with van der Waals surface area (Å²) in [6.07, 6.45) is 2.85. The lowest BCUT2D eigenvalue weighted by Gasteiger charge is -2.10. The molecule has 3 nitrogen and oxygen atoms in total. The molecule has 0 aromatic heterocycles. The van der Waals surface area contributed by atoms with Crippen LogP contribution >= 0.6 is 0 Å². The molecule has 1 atom stereocenters. The largest absolute Gasteiger partial charge is 0.388 e. The number of aliphatic hydroxyl groups excluding tert-OH is 1. The minimum atomic E-state index is -0.595. The fraction of sp³-hybridized carbons (Fsp3) is 0.167. The first-order valence-electron chi connectivity index (χ1n) is 7.09. The maximum absolute atomic E-state index is 12.7. The lowest BCUT2D eigenvalue weighted by Crippen LogP contribution is -2.23. The van der Waals surface area contributed by atoms with Gasteiger partial charge in [0.2, 0.25) is 5.91 Å². The summed E-state index contributed by atoms with van der Waals surface area (Å²) in [5.74, 6) is -0.555. The molecule has 0 spiro atoms. The highest BCUT2D eigenvalue weighted by Crippen LogP contribution is 2.14. The average Bonchev–Trinajstić information content (AvgIpc) is 2.55. The molecule has 0 aliphatic heterocycles. The van der Waals surface area contributed by atoms with Crippen LogP contribution in [-0.2, 0) is 4.79 Å². The van der Waals surface area contributed by atoms with Crippen LogP contribution in [0.4, 0.5) is 4.39 Å². The van der Waals surface area contributed by atoms with Crippen molar-refractivity contribution in [3.05, 3.63) is 77.6 Å². The third kappa shape index (κ3) is 5.14. The molecule has 114 valence electrons. The number of carbonyl (C=O) groups is 1. The van der Waals surface area contributed by atoms with Crippen molar-refractivity contribution in [3.63, 3.8) is 0 Å². The van der Waals surface area contributed by atoms with E-state index in [4.69, 9.17) is 0 Å². The molecule has 0 fully saturated rings. The molecule has 0 aliphatic rings. The van der Waals surface area contributed by atoms with Gasteiger partial charge in [0.1, 0.15) is 5.82 Å². The van der Waals surface area contributed by atoms with Gasteiger partial charge in [-0.15, -0.1) is 0 Å². The van der Waals surface area contributed by atoms with Crippen LogP contribution in [0, 0.1) is 5.82 Å². The topological polar surface area (TPSA) is 49.3 Å². The predicted molar refractivity (Wildman–Crippen MR) is 84.5 cm³/mol. The van der Waals surface area contributed by atoms with Crippen LogP contribution in [-0.4, -0.2) is 17.6 Å². The second-order valence-corrected chi connectivity index (χ2v) is 4.89. The molecule has 2 aromatic rings. The van der Waals surface area contributed by atoms with Gasteiger partial charge in [0.05, 0.1) is 6.10 Å². The van der Waals surface area contributed by atoms with Crippen LogP contribution in [0.2, 0.25) is 0 Å². The first kappa shape index (κ1) is 15.9. The monoisotopic (exact) mass is 299 g/mol. The fourth-order valence-corrected chi connectivity index (χ4v) is 1.98. The van der Waals surface area contributed by atoms with E-state index in [0.29, 0.717) is 13.0 Å². The van der Waals surface area contributed by atoms with Crippen molar-refractivity contribution < 1.29 is 14.3 Å². The Morgan fingerprint density at radius 2 is 1.82 bits per heavy atom. The van der Waals surface area contributed by atoms with E-state index < -0.39 is 6.10 Å². The van der Waals surface area contributed by atoms with Crippen molar-refractivity contribution in [3.8, 4) is 0 Å². The van der Waals surface area contributed by atoms with Gasteiger partial charge in [-0.25, -0.2) is 4.39 Å². The molecule has 0 saturated heterocycles. The molecule has 0 radical (unpaired) electrons. The highest BCUT2D eigenvalue weighted by atomic mass is 19.1. The zero-order chi connectivity index (χ0) is 15.8. The number of benzene rings is 2. The van der Waals surface area contributed by atoms with E-state index >= 15 is 0 Å². The van der Waals surface area contributed by atoms with E-state index in [-0.39, 0.29) is 11.7 Å². The Balaban J connectivity index is 1.75. The van der Waals surface area contributed by atoms with Gasteiger partial charge in [0, 0.05) is 12.6 Å². The summed E-state index contributed by atoms with van der Waals surface area (Å²) in [7, 11) is 0. The zero-order valence-electron chi connectivity index (χ0n) is 12.1. The van der Waals surface area contributed by atoms with Crippen molar-refractivity contribution in [2.75, 3.05) is 6.54 Å². The lowest BCUT2D eigenvalue weighted by molar-refractivity contribution is -0.116. The standard InChI is InChI=1S/C18H18FNO2/c19-16-9-6-14(7-10-16)8-11-18(22)20-13-12-17(21)15-4-2-1-3-5-15/h1-11,17,21H,12-13H2,(H,20,22). The van der Waals surface area contributed by atoms with Gasteiger partial charge in [0.15, 0.2) is 0 Å². The van der Waals surface area contributed by atoms with Gasteiger partial charge in [-0.05, 0) is 35.8 Å². The van der Waals surface area contributed by atoms with Crippen LogP contribution in [0.15, 0.2) is 60.7 Å². The van der Waals surface area contributed by atoms with Crippen molar-refractivity contribution in [1.29, 1.82) is 0 Å². The number of aliphatic hydroxyl groups is 1. The summed E-state index contributed by atoms with van der Waals surface area (Å²) in [6.45, 7) is 0.378. The second-order valence-electron chi connectivity index (χ2n) is 4.89. The van der Waals surface area contributed by atoms with Gasteiger partial charge in [-0.3, -0.25) is 4.79 Å². The summed E-state index contributed by atoms with van der Waals surface area (Å²) < 4.78 is 12.7. The van der Waals surface area contributed by atoms with E-state index in [1.807, 2.05) is 30.3 Å². The Morgan fingerprint density at radius 1 is 1.14 bits per heavy atom. The maximum atomic E-state index is 12.7. The van der Waals surface area contributed by atoms with Crippen molar-refractivity contribution in [2.45, 2.75) is 12.5 Å². The first-order chi connectivity index (χ1) is 10.6. The summed E-state index contributed by atoms with van der Waals surface area (Å²) in [4.78, 5) is 11.6. The van der Waals surface area contributed by atoms with E-state index in [1.54, 1.807) is 18.2 Å². The molecule has 2 rings (SSSR count). The second kappa shape index (κ2) is 8.10. The lowest BCUT2D eigenvalue weighted by atomic mass is 10.1. The average molecular weight is 299 g/mol. The SMILES string of the molecule is O=C(C=Cc1ccc(F)cc1)NCCC(O)c1ccccc1. The Morgan fingerprint density at radius 3 is 2.50 bits per heavy atom.